The van der Waals surface area contributed by atoms with Crippen LogP contribution >= 0.6 is 0 Å². The van der Waals surface area contributed by atoms with Crippen molar-refractivity contribution < 1.29 is 39.2 Å². The van der Waals surface area contributed by atoms with Gasteiger partial charge in [0.1, 0.15) is 13.2 Å². The second-order valence-corrected chi connectivity index (χ2v) is 4.89. The summed E-state index contributed by atoms with van der Waals surface area (Å²) in [5, 5.41) is 23.2. The molecular weight excluding hydrogens is 332 g/mol. The highest BCUT2D eigenvalue weighted by molar-refractivity contribution is 5.70. The molecule has 0 aromatic carbocycles. The Bertz CT molecular complexity index is 316. The quantitative estimate of drug-likeness (QED) is 0.373. The van der Waals surface area contributed by atoms with Crippen LogP contribution in [0.4, 0.5) is 0 Å². The van der Waals surface area contributed by atoms with Crippen molar-refractivity contribution in [2.24, 2.45) is 0 Å². The summed E-state index contributed by atoms with van der Waals surface area (Å²) in [5.74, 6) is -1.16. The first kappa shape index (κ1) is 28.1. The van der Waals surface area contributed by atoms with Gasteiger partial charge in [0, 0.05) is 19.3 Å². The topological polar surface area (TPSA) is 130 Å². The summed E-state index contributed by atoms with van der Waals surface area (Å²) in [4.78, 5) is 31.5. The molecule has 0 spiro atoms. The van der Waals surface area contributed by atoms with Crippen molar-refractivity contribution >= 4 is 17.9 Å². The molecule has 0 saturated carbocycles. The molecule has 0 radical (unpaired) electrons. The summed E-state index contributed by atoms with van der Waals surface area (Å²) in [6.07, 6.45) is 4.47. The fraction of sp³-hybridized carbons (Fsp3) is 0.824. The van der Waals surface area contributed by atoms with Crippen LogP contribution in [-0.2, 0) is 23.9 Å². The van der Waals surface area contributed by atoms with Gasteiger partial charge in [-0.15, -0.1) is 0 Å². The Hall–Kier alpha value is -1.67. The van der Waals surface area contributed by atoms with Crippen LogP contribution in [0.3, 0.4) is 0 Å². The van der Waals surface area contributed by atoms with Gasteiger partial charge >= 0.3 is 17.9 Å². The Balaban J connectivity index is -0.000000397. The van der Waals surface area contributed by atoms with Gasteiger partial charge in [-0.3, -0.25) is 14.4 Å². The number of rotatable bonds is 11. The van der Waals surface area contributed by atoms with E-state index >= 15 is 0 Å². The summed E-state index contributed by atoms with van der Waals surface area (Å²) in [6.45, 7) is 5.84. The highest BCUT2D eigenvalue weighted by atomic mass is 16.6. The lowest BCUT2D eigenvalue weighted by molar-refractivity contribution is -0.152. The SMILES string of the molecule is CCCC(=O)O.CCCCC(=O)OCCOC(=O)CCC.OCCO. The Labute approximate surface area is 150 Å². The standard InChI is InChI=1S/C11H20O4.C4H8O2.C2H6O2/c1-3-5-7-11(13)15-9-8-14-10(12)6-4-2;1-2-3-4(5)6;3-1-2-4/h3-9H2,1-2H3;2-3H2,1H3,(H,5,6);3-4H,1-2H2. The number of aliphatic hydroxyl groups excluding tert-OH is 2. The lowest BCUT2D eigenvalue weighted by atomic mass is 10.2. The van der Waals surface area contributed by atoms with Crippen LogP contribution in [0.5, 0.6) is 0 Å². The monoisotopic (exact) mass is 366 g/mol. The number of aliphatic hydroxyl groups is 2. The molecule has 25 heavy (non-hydrogen) atoms. The maximum absolute atomic E-state index is 11.0. The highest BCUT2D eigenvalue weighted by Crippen LogP contribution is 1.96. The fourth-order valence-electron chi connectivity index (χ4n) is 1.19. The second kappa shape index (κ2) is 24.6. The van der Waals surface area contributed by atoms with Crippen LogP contribution in [0.2, 0.25) is 0 Å². The number of ether oxygens (including phenoxy) is 2. The molecule has 0 aliphatic rings. The van der Waals surface area contributed by atoms with Gasteiger partial charge in [-0.05, 0) is 19.3 Å². The predicted octanol–water partition coefficient (Wildman–Crippen LogP) is 1.91. The Morgan fingerprint density at radius 3 is 1.44 bits per heavy atom. The molecule has 8 nitrogen and oxygen atoms in total. The molecule has 0 aliphatic carbocycles. The molecule has 0 aromatic rings. The highest BCUT2D eigenvalue weighted by Gasteiger charge is 2.03. The van der Waals surface area contributed by atoms with E-state index in [9.17, 15) is 14.4 Å². The third-order valence-corrected chi connectivity index (χ3v) is 2.36. The summed E-state index contributed by atoms with van der Waals surface area (Å²) < 4.78 is 9.68. The van der Waals surface area contributed by atoms with Gasteiger partial charge in [-0.1, -0.05) is 27.2 Å². The minimum absolute atomic E-state index is 0.125. The third kappa shape index (κ3) is 34.6. The maximum Gasteiger partial charge on any atom is 0.305 e. The van der Waals surface area contributed by atoms with Crippen molar-refractivity contribution in [1.82, 2.24) is 0 Å². The Morgan fingerprint density at radius 1 is 0.720 bits per heavy atom. The molecule has 0 aliphatic heterocycles. The zero-order chi connectivity index (χ0) is 19.9. The van der Waals surface area contributed by atoms with E-state index in [0.717, 1.165) is 25.7 Å². The van der Waals surface area contributed by atoms with Gasteiger partial charge in [-0.25, -0.2) is 0 Å². The average molecular weight is 366 g/mol. The smallest absolute Gasteiger partial charge is 0.305 e. The van der Waals surface area contributed by atoms with Crippen LogP contribution in [-0.4, -0.2) is 59.7 Å². The number of esters is 2. The first-order valence-electron chi connectivity index (χ1n) is 8.64. The molecular formula is C17H34O8. The van der Waals surface area contributed by atoms with E-state index in [2.05, 4.69) is 0 Å². The van der Waals surface area contributed by atoms with Gasteiger partial charge < -0.3 is 24.8 Å². The molecule has 0 aromatic heterocycles. The molecule has 0 amide bonds. The third-order valence-electron chi connectivity index (χ3n) is 2.36. The minimum Gasteiger partial charge on any atom is -0.481 e. The van der Waals surface area contributed by atoms with Crippen molar-refractivity contribution in [2.45, 2.75) is 65.7 Å². The minimum atomic E-state index is -0.711. The number of carboxylic acids is 1. The molecule has 0 fully saturated rings. The number of hydrogen-bond donors (Lipinski definition) is 3. The lowest BCUT2D eigenvalue weighted by Crippen LogP contribution is -2.13. The molecule has 150 valence electrons. The number of hydrogen-bond acceptors (Lipinski definition) is 7. The van der Waals surface area contributed by atoms with Crippen LogP contribution in [0.1, 0.15) is 65.7 Å². The number of unbranched alkanes of at least 4 members (excludes halogenated alkanes) is 1. The van der Waals surface area contributed by atoms with E-state index in [1.54, 1.807) is 0 Å². The van der Waals surface area contributed by atoms with Crippen molar-refractivity contribution in [1.29, 1.82) is 0 Å². The normalized spacial score (nSPS) is 9.00. The van der Waals surface area contributed by atoms with Gasteiger partial charge in [0.15, 0.2) is 0 Å². The zero-order valence-corrected chi connectivity index (χ0v) is 15.7. The molecule has 0 rings (SSSR count). The number of aliphatic carboxylic acids is 1. The molecule has 3 N–H and O–H groups in total. The fourth-order valence-corrected chi connectivity index (χ4v) is 1.19. The van der Waals surface area contributed by atoms with E-state index in [4.69, 9.17) is 24.8 Å². The maximum atomic E-state index is 11.0. The molecule has 0 saturated heterocycles. The molecule has 0 atom stereocenters. The van der Waals surface area contributed by atoms with E-state index < -0.39 is 5.97 Å². The van der Waals surface area contributed by atoms with Crippen molar-refractivity contribution in [3.8, 4) is 0 Å². The van der Waals surface area contributed by atoms with Crippen LogP contribution < -0.4 is 0 Å². The van der Waals surface area contributed by atoms with Crippen LogP contribution in [0, 0.1) is 0 Å². The van der Waals surface area contributed by atoms with E-state index in [1.165, 1.54) is 0 Å². The summed E-state index contributed by atoms with van der Waals surface area (Å²) in [6, 6.07) is 0. The molecule has 0 unspecified atom stereocenters. The van der Waals surface area contributed by atoms with Crippen molar-refractivity contribution in [2.75, 3.05) is 26.4 Å². The predicted molar refractivity (Wildman–Crippen MR) is 93.1 cm³/mol. The van der Waals surface area contributed by atoms with Crippen LogP contribution in [0.15, 0.2) is 0 Å². The molecule has 8 heteroatoms. The van der Waals surface area contributed by atoms with E-state index in [-0.39, 0.29) is 38.4 Å². The lowest BCUT2D eigenvalue weighted by Gasteiger charge is -2.05. The molecule has 0 heterocycles. The summed E-state index contributed by atoms with van der Waals surface area (Å²) in [7, 11) is 0. The first-order chi connectivity index (χ1) is 11.9. The summed E-state index contributed by atoms with van der Waals surface area (Å²) >= 11 is 0. The number of carboxylic acid groups (broad SMARTS) is 1. The number of carbonyl (C=O) groups is 3. The second-order valence-electron chi connectivity index (χ2n) is 4.89. The van der Waals surface area contributed by atoms with Gasteiger partial charge in [0.25, 0.3) is 0 Å². The van der Waals surface area contributed by atoms with Gasteiger partial charge in [0.2, 0.25) is 0 Å². The first-order valence-corrected chi connectivity index (χ1v) is 8.64. The Morgan fingerprint density at radius 2 is 1.16 bits per heavy atom. The average Bonchev–Trinajstić information content (AvgIpc) is 2.57. The Kier molecular flexibility index (Phi) is 27.7. The van der Waals surface area contributed by atoms with Crippen LogP contribution in [0.25, 0.3) is 0 Å². The van der Waals surface area contributed by atoms with Gasteiger partial charge in [0.05, 0.1) is 13.2 Å². The largest absolute Gasteiger partial charge is 0.481 e. The molecule has 0 bridgehead atoms. The summed E-state index contributed by atoms with van der Waals surface area (Å²) in [5.41, 5.74) is 0. The zero-order valence-electron chi connectivity index (χ0n) is 15.7. The van der Waals surface area contributed by atoms with Crippen molar-refractivity contribution in [3.63, 3.8) is 0 Å². The van der Waals surface area contributed by atoms with E-state index in [0.29, 0.717) is 19.3 Å². The van der Waals surface area contributed by atoms with Gasteiger partial charge in [-0.2, -0.15) is 0 Å². The van der Waals surface area contributed by atoms with E-state index in [1.807, 2.05) is 20.8 Å². The van der Waals surface area contributed by atoms with Crippen molar-refractivity contribution in [3.05, 3.63) is 0 Å². The number of carbonyl (C=O) groups excluding carboxylic acids is 2.